The molecule has 1 N–H and O–H groups in total. The molecule has 0 unspecified atom stereocenters. The van der Waals surface area contributed by atoms with Crippen LogP contribution in [0.15, 0.2) is 71.6 Å². The monoisotopic (exact) mass is 387 g/mol. The first kappa shape index (κ1) is 18.5. The molecule has 136 valence electrons. The summed E-state index contributed by atoms with van der Waals surface area (Å²) in [4.78, 5) is -0.711. The van der Waals surface area contributed by atoms with Crippen LogP contribution in [0.3, 0.4) is 0 Å². The standard InChI is InChI=1S/C20H12F3NO2S/c21-16-8-4-5-9-19(16)27(25,26)24-20-17(22)12-15(13-18(20)23)11-10-14-6-2-1-3-7-14/h1-9,12-13,24H. The van der Waals surface area contributed by atoms with Crippen LogP contribution in [0, 0.1) is 29.3 Å². The molecule has 0 bridgehead atoms. The summed E-state index contributed by atoms with van der Waals surface area (Å²) in [6.07, 6.45) is 0. The fourth-order valence-electron chi connectivity index (χ4n) is 2.26. The van der Waals surface area contributed by atoms with E-state index in [9.17, 15) is 21.6 Å². The second-order valence-corrected chi connectivity index (χ2v) is 7.12. The molecule has 27 heavy (non-hydrogen) atoms. The predicted octanol–water partition coefficient (Wildman–Crippen LogP) is 4.30. The largest absolute Gasteiger partial charge is 0.274 e. The van der Waals surface area contributed by atoms with Gasteiger partial charge >= 0.3 is 0 Å². The zero-order valence-electron chi connectivity index (χ0n) is 13.7. The van der Waals surface area contributed by atoms with E-state index in [1.165, 1.54) is 12.1 Å². The minimum atomic E-state index is -4.50. The lowest BCUT2D eigenvalue weighted by Gasteiger charge is -2.11. The van der Waals surface area contributed by atoms with Crippen molar-refractivity contribution >= 4 is 15.7 Å². The molecular weight excluding hydrogens is 375 g/mol. The van der Waals surface area contributed by atoms with Crippen molar-refractivity contribution in [2.75, 3.05) is 4.72 Å². The highest BCUT2D eigenvalue weighted by atomic mass is 32.2. The van der Waals surface area contributed by atoms with Crippen molar-refractivity contribution < 1.29 is 21.6 Å². The van der Waals surface area contributed by atoms with Crippen LogP contribution in [0.2, 0.25) is 0 Å². The average molecular weight is 387 g/mol. The Labute approximate surface area is 154 Å². The highest BCUT2D eigenvalue weighted by Crippen LogP contribution is 2.25. The minimum absolute atomic E-state index is 0.0303. The fraction of sp³-hybridized carbons (Fsp3) is 0. The minimum Gasteiger partial charge on any atom is -0.274 e. The molecule has 3 aromatic rings. The van der Waals surface area contributed by atoms with Crippen molar-refractivity contribution in [2.45, 2.75) is 4.90 Å². The molecule has 0 aromatic heterocycles. The maximum atomic E-state index is 14.3. The lowest BCUT2D eigenvalue weighted by atomic mass is 10.1. The predicted molar refractivity (Wildman–Crippen MR) is 96.0 cm³/mol. The molecule has 0 aliphatic heterocycles. The molecule has 0 aliphatic carbocycles. The summed E-state index contributed by atoms with van der Waals surface area (Å²) in [6.45, 7) is 0. The smallest absolute Gasteiger partial charge is 0.264 e. The second kappa shape index (κ2) is 7.56. The van der Waals surface area contributed by atoms with Gasteiger partial charge in [0.2, 0.25) is 0 Å². The molecule has 0 saturated heterocycles. The van der Waals surface area contributed by atoms with Crippen LogP contribution < -0.4 is 4.72 Å². The molecule has 0 atom stereocenters. The number of sulfonamides is 1. The molecule has 0 radical (unpaired) electrons. The SMILES string of the molecule is O=S(=O)(Nc1c(F)cc(C#Cc2ccccc2)cc1F)c1ccccc1F. The molecule has 0 fully saturated rings. The fourth-order valence-corrected chi connectivity index (χ4v) is 3.42. The summed E-state index contributed by atoms with van der Waals surface area (Å²) in [7, 11) is -4.50. The molecule has 0 saturated carbocycles. The van der Waals surface area contributed by atoms with Crippen molar-refractivity contribution in [3.63, 3.8) is 0 Å². The van der Waals surface area contributed by atoms with Crippen molar-refractivity contribution in [3.05, 3.63) is 95.3 Å². The molecule has 0 heterocycles. The summed E-state index contributed by atoms with van der Waals surface area (Å²) in [6, 6.07) is 15.1. The van der Waals surface area contributed by atoms with Gasteiger partial charge in [-0.1, -0.05) is 42.2 Å². The van der Waals surface area contributed by atoms with E-state index in [1.54, 1.807) is 35.1 Å². The highest BCUT2D eigenvalue weighted by molar-refractivity contribution is 7.92. The van der Waals surface area contributed by atoms with E-state index in [0.29, 0.717) is 5.56 Å². The Balaban J connectivity index is 1.92. The van der Waals surface area contributed by atoms with Crippen LogP contribution in [0.1, 0.15) is 11.1 Å². The van der Waals surface area contributed by atoms with Crippen LogP contribution in [0.4, 0.5) is 18.9 Å². The Morgan fingerprint density at radius 3 is 1.89 bits per heavy atom. The number of benzene rings is 3. The van der Waals surface area contributed by atoms with Crippen molar-refractivity contribution in [1.29, 1.82) is 0 Å². The first-order valence-electron chi connectivity index (χ1n) is 7.70. The molecule has 3 nitrogen and oxygen atoms in total. The van der Waals surface area contributed by atoms with Gasteiger partial charge in [0, 0.05) is 11.1 Å². The van der Waals surface area contributed by atoms with E-state index < -0.39 is 38.1 Å². The highest BCUT2D eigenvalue weighted by Gasteiger charge is 2.22. The molecule has 0 aliphatic rings. The first-order valence-corrected chi connectivity index (χ1v) is 9.18. The van der Waals surface area contributed by atoms with Crippen molar-refractivity contribution in [1.82, 2.24) is 0 Å². The van der Waals surface area contributed by atoms with E-state index in [0.717, 1.165) is 24.3 Å². The number of rotatable bonds is 3. The number of nitrogens with one attached hydrogen (secondary N) is 1. The number of anilines is 1. The number of halogens is 3. The summed E-state index contributed by atoms with van der Waals surface area (Å²) in [5.74, 6) is 2.00. The Hall–Kier alpha value is -3.24. The van der Waals surface area contributed by atoms with Crippen LogP contribution in [0.25, 0.3) is 0 Å². The first-order chi connectivity index (χ1) is 12.9. The van der Waals surface area contributed by atoms with Crippen molar-refractivity contribution in [3.8, 4) is 11.8 Å². The van der Waals surface area contributed by atoms with Crippen molar-refractivity contribution in [2.24, 2.45) is 0 Å². The summed E-state index contributed by atoms with van der Waals surface area (Å²) < 4.78 is 68.4. The van der Waals surface area contributed by atoms with Gasteiger partial charge in [-0.15, -0.1) is 0 Å². The van der Waals surface area contributed by atoms with Gasteiger partial charge in [0.1, 0.15) is 16.4 Å². The average Bonchev–Trinajstić information content (AvgIpc) is 2.64. The summed E-state index contributed by atoms with van der Waals surface area (Å²) >= 11 is 0. The Kier molecular flexibility index (Phi) is 5.19. The lowest BCUT2D eigenvalue weighted by molar-refractivity contribution is 0.566. The van der Waals surface area contributed by atoms with Gasteiger partial charge < -0.3 is 0 Å². The van der Waals surface area contributed by atoms with E-state index >= 15 is 0 Å². The summed E-state index contributed by atoms with van der Waals surface area (Å²) in [5, 5.41) is 0. The molecular formula is C20H12F3NO2S. The van der Waals surface area contributed by atoms with Crippen LogP contribution in [-0.4, -0.2) is 8.42 Å². The van der Waals surface area contributed by atoms with Gasteiger partial charge in [-0.3, -0.25) is 4.72 Å². The van der Waals surface area contributed by atoms with Gasteiger partial charge in [0.15, 0.2) is 11.6 Å². The van der Waals surface area contributed by atoms with Gasteiger partial charge in [-0.25, -0.2) is 21.6 Å². The zero-order chi connectivity index (χ0) is 19.4. The van der Waals surface area contributed by atoms with E-state index in [1.807, 2.05) is 0 Å². The van der Waals surface area contributed by atoms with E-state index in [-0.39, 0.29) is 5.56 Å². The van der Waals surface area contributed by atoms with Crippen LogP contribution in [0.5, 0.6) is 0 Å². The Morgan fingerprint density at radius 1 is 0.704 bits per heavy atom. The van der Waals surface area contributed by atoms with Gasteiger partial charge in [0.25, 0.3) is 10.0 Å². The maximum Gasteiger partial charge on any atom is 0.264 e. The molecule has 0 amide bonds. The van der Waals surface area contributed by atoms with E-state index in [2.05, 4.69) is 11.8 Å². The third-order valence-corrected chi connectivity index (χ3v) is 4.91. The lowest BCUT2D eigenvalue weighted by Crippen LogP contribution is -2.16. The molecule has 0 spiro atoms. The summed E-state index contributed by atoms with van der Waals surface area (Å²) in [5.41, 5.74) is -0.214. The molecule has 3 rings (SSSR count). The Morgan fingerprint density at radius 2 is 1.26 bits per heavy atom. The normalized spacial score (nSPS) is 10.8. The van der Waals surface area contributed by atoms with Crippen LogP contribution >= 0.6 is 0 Å². The molecule has 3 aromatic carbocycles. The third-order valence-electron chi connectivity index (χ3n) is 3.53. The van der Waals surface area contributed by atoms with Gasteiger partial charge in [-0.05, 0) is 36.4 Å². The third kappa shape index (κ3) is 4.30. The number of hydrogen-bond donors (Lipinski definition) is 1. The second-order valence-electron chi connectivity index (χ2n) is 5.47. The van der Waals surface area contributed by atoms with Crippen LogP contribution in [-0.2, 0) is 10.0 Å². The topological polar surface area (TPSA) is 46.2 Å². The van der Waals surface area contributed by atoms with Gasteiger partial charge in [0.05, 0.1) is 0 Å². The zero-order valence-corrected chi connectivity index (χ0v) is 14.5. The van der Waals surface area contributed by atoms with E-state index in [4.69, 9.17) is 0 Å². The Bertz CT molecular complexity index is 1130. The maximum absolute atomic E-state index is 14.3. The van der Waals surface area contributed by atoms with Gasteiger partial charge in [-0.2, -0.15) is 0 Å². The quantitative estimate of drug-likeness (QED) is 0.681. The number of hydrogen-bond acceptors (Lipinski definition) is 2. The molecule has 7 heteroatoms.